The molecule has 0 unspecified atom stereocenters. The molecule has 4 N–H and O–H groups in total. The Bertz CT molecular complexity index is 3170. The third kappa shape index (κ3) is 7.05. The summed E-state index contributed by atoms with van der Waals surface area (Å²) in [6.45, 7) is 2.27. The number of phenolic OH excluding ortho intramolecular Hbond substituents is 1. The number of carbonyl (C=O) groups excluding carboxylic acids is 1. The van der Waals surface area contributed by atoms with E-state index in [4.69, 9.17) is 32.0 Å². The number of aromatic hydroxyl groups is 1. The first-order valence-corrected chi connectivity index (χ1v) is 19.3. The van der Waals surface area contributed by atoms with Gasteiger partial charge in [-0.15, -0.1) is 0 Å². The molecule has 2 heterocycles. The SMILES string of the molecule is CC/N=c1\ccc2c(-c3c(Cl)c(C(=O)NCc4ccc(-c5c6ccc(=O)cc-6oc6cc(O)ccc56)c(C(=O)O)c4)cc(Cl)c3C(=O)O)c3ccc(N(C)C)cc3oc-2c1. The van der Waals surface area contributed by atoms with Gasteiger partial charge in [0.2, 0.25) is 0 Å². The standard InChI is InChI=1S/C46H33Cl2N3O9/c1-4-49-23-6-11-30-35(16-23)59-36-17-24(51(2)3)7-12-31(36)40(30)42-41(46(57)58)34(47)20-33(43(42)48)44(54)50-21-22-5-10-27(32(15-22)45(55)56)39-28-13-8-25(52)18-37(28)60-38-19-26(53)9-14-29(38)39/h5-20,52H,4,21H2,1-3H3,(H,50,54)(H,55,56)(H,57,58)/b49-23+. The number of nitrogens with one attached hydrogen (secondary N) is 1. The van der Waals surface area contributed by atoms with E-state index in [-0.39, 0.29) is 61.4 Å². The van der Waals surface area contributed by atoms with Gasteiger partial charge in [-0.1, -0.05) is 35.3 Å². The summed E-state index contributed by atoms with van der Waals surface area (Å²) < 4.78 is 12.3. The molecule has 12 nitrogen and oxygen atoms in total. The molecule has 8 rings (SSSR count). The number of phenols is 1. The fraction of sp³-hybridized carbons (Fsp3) is 0.109. The van der Waals surface area contributed by atoms with Crippen LogP contribution in [0.2, 0.25) is 10.0 Å². The number of halogens is 2. The lowest BCUT2D eigenvalue weighted by Crippen LogP contribution is -2.24. The van der Waals surface area contributed by atoms with Gasteiger partial charge in [0.05, 0.1) is 32.1 Å². The molecule has 0 bridgehead atoms. The van der Waals surface area contributed by atoms with Gasteiger partial charge >= 0.3 is 11.9 Å². The van der Waals surface area contributed by atoms with Crippen LogP contribution in [0.3, 0.4) is 0 Å². The van der Waals surface area contributed by atoms with E-state index in [1.807, 2.05) is 38.1 Å². The van der Waals surface area contributed by atoms with E-state index in [9.17, 15) is 34.5 Å². The molecule has 4 aliphatic rings. The molecule has 1 amide bonds. The number of rotatable bonds is 9. The van der Waals surface area contributed by atoms with Crippen molar-refractivity contribution < 1.29 is 38.5 Å². The lowest BCUT2D eigenvalue weighted by atomic mass is 9.89. The van der Waals surface area contributed by atoms with Gasteiger partial charge in [0.25, 0.3) is 5.91 Å². The molecular weight excluding hydrogens is 809 g/mol. The van der Waals surface area contributed by atoms with Gasteiger partial charge in [-0.05, 0) is 78.7 Å². The average Bonchev–Trinajstić information content (AvgIpc) is 3.21. The van der Waals surface area contributed by atoms with Crippen molar-refractivity contribution in [2.45, 2.75) is 13.5 Å². The quantitative estimate of drug-likeness (QED) is 0.102. The Morgan fingerprint density at radius 2 is 1.38 bits per heavy atom. The number of aromatic carboxylic acids is 2. The fourth-order valence-corrected chi connectivity index (χ4v) is 8.07. The molecule has 0 atom stereocenters. The maximum atomic E-state index is 14.1. The first-order chi connectivity index (χ1) is 28.7. The topological polar surface area (TPSA) is 183 Å². The van der Waals surface area contributed by atoms with Crippen molar-refractivity contribution in [2.75, 3.05) is 25.5 Å². The minimum Gasteiger partial charge on any atom is -0.508 e. The summed E-state index contributed by atoms with van der Waals surface area (Å²) >= 11 is 13.8. The summed E-state index contributed by atoms with van der Waals surface area (Å²) in [4.78, 5) is 58.5. The summed E-state index contributed by atoms with van der Waals surface area (Å²) in [5, 5.41) is 35.2. The van der Waals surface area contributed by atoms with Crippen molar-refractivity contribution in [2.24, 2.45) is 4.99 Å². The maximum Gasteiger partial charge on any atom is 0.337 e. The van der Waals surface area contributed by atoms with Gasteiger partial charge in [-0.25, -0.2) is 9.59 Å². The van der Waals surface area contributed by atoms with Crippen molar-refractivity contribution in [3.63, 3.8) is 0 Å². The highest BCUT2D eigenvalue weighted by molar-refractivity contribution is 6.41. The van der Waals surface area contributed by atoms with Crippen LogP contribution in [-0.4, -0.2) is 53.8 Å². The molecule has 14 heteroatoms. The molecule has 0 saturated heterocycles. The number of carboxylic acids is 2. The van der Waals surface area contributed by atoms with Crippen LogP contribution < -0.4 is 21.0 Å². The zero-order valence-corrected chi connectivity index (χ0v) is 33.6. The number of carbonyl (C=O) groups is 3. The number of benzene rings is 6. The first-order valence-electron chi connectivity index (χ1n) is 18.5. The van der Waals surface area contributed by atoms with Crippen LogP contribution in [0.15, 0.2) is 116 Å². The second kappa shape index (κ2) is 15.6. The van der Waals surface area contributed by atoms with Crippen molar-refractivity contribution in [3.05, 3.63) is 145 Å². The monoisotopic (exact) mass is 841 g/mol. The number of amides is 1. The number of fused-ring (bicyclic) bond motifs is 4. The van der Waals surface area contributed by atoms with Crippen LogP contribution in [0.1, 0.15) is 43.6 Å². The average molecular weight is 843 g/mol. The molecule has 0 spiro atoms. The number of hydrogen-bond acceptors (Lipinski definition) is 9. The minimum atomic E-state index is -1.37. The Balaban J connectivity index is 1.22. The largest absolute Gasteiger partial charge is 0.508 e. The number of anilines is 1. The maximum absolute atomic E-state index is 14.1. The highest BCUT2D eigenvalue weighted by atomic mass is 35.5. The molecule has 2 aliphatic heterocycles. The van der Waals surface area contributed by atoms with E-state index < -0.39 is 17.8 Å². The van der Waals surface area contributed by atoms with E-state index in [1.165, 1.54) is 36.4 Å². The van der Waals surface area contributed by atoms with Gasteiger partial charge in [-0.2, -0.15) is 0 Å². The molecule has 300 valence electrons. The molecule has 60 heavy (non-hydrogen) atoms. The molecule has 0 aromatic heterocycles. The Hall–Kier alpha value is -7.15. The lowest BCUT2D eigenvalue weighted by Gasteiger charge is -2.21. The molecule has 4 aromatic rings. The normalized spacial score (nSPS) is 11.8. The molecule has 0 radical (unpaired) electrons. The van der Waals surface area contributed by atoms with E-state index in [0.29, 0.717) is 67.4 Å². The second-order valence-electron chi connectivity index (χ2n) is 14.2. The van der Waals surface area contributed by atoms with Crippen LogP contribution >= 0.6 is 23.2 Å². The molecule has 4 aromatic carbocycles. The van der Waals surface area contributed by atoms with Gasteiger partial charge in [-0.3, -0.25) is 14.6 Å². The van der Waals surface area contributed by atoms with E-state index in [2.05, 4.69) is 10.3 Å². The van der Waals surface area contributed by atoms with Crippen LogP contribution in [0, 0.1) is 0 Å². The highest BCUT2D eigenvalue weighted by Gasteiger charge is 2.30. The van der Waals surface area contributed by atoms with Gasteiger partial charge in [0.1, 0.15) is 28.4 Å². The van der Waals surface area contributed by atoms with Crippen LogP contribution in [0.5, 0.6) is 5.75 Å². The van der Waals surface area contributed by atoms with Crippen molar-refractivity contribution in [3.8, 4) is 50.7 Å². The predicted octanol–water partition coefficient (Wildman–Crippen LogP) is 9.41. The molecular formula is C46H33Cl2N3O9. The highest BCUT2D eigenvalue weighted by Crippen LogP contribution is 2.47. The number of carboxylic acid groups (broad SMARTS) is 2. The van der Waals surface area contributed by atoms with E-state index in [0.717, 1.165) is 5.69 Å². The second-order valence-corrected chi connectivity index (χ2v) is 15.0. The fourth-order valence-electron chi connectivity index (χ4n) is 7.45. The van der Waals surface area contributed by atoms with Crippen molar-refractivity contribution >= 4 is 68.7 Å². The van der Waals surface area contributed by atoms with Crippen LogP contribution in [0.25, 0.3) is 66.8 Å². The Morgan fingerprint density at radius 1 is 0.717 bits per heavy atom. The molecule has 0 fully saturated rings. The van der Waals surface area contributed by atoms with Crippen molar-refractivity contribution in [1.82, 2.24) is 5.32 Å². The number of nitrogens with zero attached hydrogens (tertiary/aromatic N) is 2. The van der Waals surface area contributed by atoms with E-state index >= 15 is 0 Å². The smallest absolute Gasteiger partial charge is 0.337 e. The van der Waals surface area contributed by atoms with Crippen molar-refractivity contribution in [1.29, 1.82) is 0 Å². The third-order valence-electron chi connectivity index (χ3n) is 10.2. The Labute approximate surface area is 350 Å². The summed E-state index contributed by atoms with van der Waals surface area (Å²) in [7, 11) is 3.75. The van der Waals surface area contributed by atoms with Gasteiger partial charge < -0.3 is 34.4 Å². The van der Waals surface area contributed by atoms with E-state index in [1.54, 1.807) is 48.5 Å². The van der Waals surface area contributed by atoms with Crippen LogP contribution in [-0.2, 0) is 6.54 Å². The Morgan fingerprint density at radius 3 is 2.10 bits per heavy atom. The zero-order valence-electron chi connectivity index (χ0n) is 32.1. The summed E-state index contributed by atoms with van der Waals surface area (Å²) in [6, 6.07) is 25.2. The molecule has 0 saturated carbocycles. The van der Waals surface area contributed by atoms with Gasteiger partial charge in [0.15, 0.2) is 5.43 Å². The Kier molecular flexibility index (Phi) is 10.3. The lowest BCUT2D eigenvalue weighted by molar-refractivity contribution is 0.0687. The summed E-state index contributed by atoms with van der Waals surface area (Å²) in [5.74, 6) is -2.81. The number of hydrogen-bond donors (Lipinski definition) is 4. The summed E-state index contributed by atoms with van der Waals surface area (Å²) in [6.07, 6.45) is 0. The molecule has 2 aliphatic carbocycles. The predicted molar refractivity (Wildman–Crippen MR) is 230 cm³/mol. The third-order valence-corrected chi connectivity index (χ3v) is 10.9. The zero-order chi connectivity index (χ0) is 42.6. The van der Waals surface area contributed by atoms with Crippen LogP contribution in [0.4, 0.5) is 5.69 Å². The first kappa shape index (κ1) is 39.7. The minimum absolute atomic E-state index is 0.00869. The summed E-state index contributed by atoms with van der Waals surface area (Å²) in [5.41, 5.74) is 3.18. The van der Waals surface area contributed by atoms with Gasteiger partial charge in [0, 0.05) is 95.7 Å².